The normalized spacial score (nSPS) is 11.7. The topological polar surface area (TPSA) is 50.7 Å². The summed E-state index contributed by atoms with van der Waals surface area (Å²) in [7, 11) is 0. The van der Waals surface area contributed by atoms with Gasteiger partial charge in [-0.05, 0) is 26.3 Å². The molecule has 0 aromatic carbocycles. The lowest BCUT2D eigenvalue weighted by atomic mass is 10.1. The van der Waals surface area contributed by atoms with Crippen LogP contribution in [0.25, 0.3) is 11.0 Å². The van der Waals surface area contributed by atoms with Crippen molar-refractivity contribution in [3.8, 4) is 0 Å². The lowest BCUT2D eigenvalue weighted by molar-refractivity contribution is 0.207. The Kier molecular flexibility index (Phi) is 3.17. The molecule has 0 amide bonds. The molecule has 90 valence electrons. The summed E-state index contributed by atoms with van der Waals surface area (Å²) in [6.07, 6.45) is 5.34. The van der Waals surface area contributed by atoms with Gasteiger partial charge < -0.3 is 5.32 Å². The van der Waals surface area contributed by atoms with Gasteiger partial charge in [0.1, 0.15) is 11.2 Å². The number of alkyl halides is 1. The van der Waals surface area contributed by atoms with Crippen molar-refractivity contribution in [2.45, 2.75) is 25.9 Å². The number of rotatable bonds is 4. The molecule has 0 saturated carbocycles. The molecule has 0 fully saturated rings. The largest absolute Gasteiger partial charge is 0.368 e. The summed E-state index contributed by atoms with van der Waals surface area (Å²) >= 11 is 0. The number of nitrogens with one attached hydrogen (secondary N) is 1. The lowest BCUT2D eigenvalue weighted by Crippen LogP contribution is -2.18. The highest BCUT2D eigenvalue weighted by molar-refractivity contribution is 5.84. The zero-order chi connectivity index (χ0) is 12.3. The Balaban J connectivity index is 2.13. The molecule has 0 aliphatic rings. The number of fused-ring (bicyclic) bond motifs is 1. The van der Waals surface area contributed by atoms with Gasteiger partial charge in [-0.2, -0.15) is 0 Å². The van der Waals surface area contributed by atoms with Crippen LogP contribution in [0, 0.1) is 0 Å². The van der Waals surface area contributed by atoms with E-state index in [1.165, 1.54) is 0 Å². The van der Waals surface area contributed by atoms with Crippen molar-refractivity contribution in [1.82, 2.24) is 15.0 Å². The Hall–Kier alpha value is -1.78. The Bertz CT molecular complexity index is 502. The van der Waals surface area contributed by atoms with Gasteiger partial charge in [0.2, 0.25) is 0 Å². The average Bonchev–Trinajstić information content (AvgIpc) is 2.28. The smallest absolute Gasteiger partial charge is 0.154 e. The fourth-order valence-electron chi connectivity index (χ4n) is 1.50. The molecule has 5 heteroatoms. The van der Waals surface area contributed by atoms with Crippen LogP contribution in [0.3, 0.4) is 0 Å². The first-order chi connectivity index (χ1) is 8.06. The standard InChI is InChI=1S/C12H15FN4/c1-12(2,13)4-6-17-11-10-9(3-5-16-11)14-7-8-15-10/h3,5,7-8H,4,6H2,1-2H3,(H,16,17). The molecule has 2 heterocycles. The molecule has 0 saturated heterocycles. The van der Waals surface area contributed by atoms with E-state index in [9.17, 15) is 4.39 Å². The number of anilines is 1. The molecule has 2 aromatic rings. The van der Waals surface area contributed by atoms with E-state index < -0.39 is 5.67 Å². The van der Waals surface area contributed by atoms with Crippen LogP contribution in [-0.4, -0.2) is 27.2 Å². The molecule has 0 aliphatic carbocycles. The van der Waals surface area contributed by atoms with Crippen molar-refractivity contribution in [3.05, 3.63) is 24.7 Å². The molecular weight excluding hydrogens is 219 g/mol. The Morgan fingerprint density at radius 3 is 2.71 bits per heavy atom. The van der Waals surface area contributed by atoms with Crippen LogP contribution in [0.15, 0.2) is 24.7 Å². The first-order valence-corrected chi connectivity index (χ1v) is 5.55. The van der Waals surface area contributed by atoms with Crippen molar-refractivity contribution >= 4 is 16.9 Å². The fourth-order valence-corrected chi connectivity index (χ4v) is 1.50. The maximum atomic E-state index is 13.3. The summed E-state index contributed by atoms with van der Waals surface area (Å²) in [4.78, 5) is 12.6. The number of hydrogen-bond donors (Lipinski definition) is 1. The van der Waals surface area contributed by atoms with Gasteiger partial charge in [-0.25, -0.2) is 14.4 Å². The maximum absolute atomic E-state index is 13.3. The highest BCUT2D eigenvalue weighted by Crippen LogP contribution is 2.17. The van der Waals surface area contributed by atoms with Crippen LogP contribution in [0.1, 0.15) is 20.3 Å². The minimum atomic E-state index is -1.18. The summed E-state index contributed by atoms with van der Waals surface area (Å²) < 4.78 is 13.3. The second-order valence-electron chi connectivity index (χ2n) is 4.48. The second kappa shape index (κ2) is 4.61. The van der Waals surface area contributed by atoms with Crippen LogP contribution in [-0.2, 0) is 0 Å². The number of pyridine rings is 1. The van der Waals surface area contributed by atoms with Crippen LogP contribution < -0.4 is 5.32 Å². The first-order valence-electron chi connectivity index (χ1n) is 5.55. The predicted octanol–water partition coefficient (Wildman–Crippen LogP) is 2.57. The van der Waals surface area contributed by atoms with Crippen LogP contribution in [0.5, 0.6) is 0 Å². The van der Waals surface area contributed by atoms with Gasteiger partial charge in [0.05, 0.1) is 5.52 Å². The SMILES string of the molecule is CC(C)(F)CCNc1nccc2nccnc12. The van der Waals surface area contributed by atoms with Crippen molar-refractivity contribution < 1.29 is 4.39 Å². The van der Waals surface area contributed by atoms with Gasteiger partial charge in [-0.1, -0.05) is 0 Å². The molecule has 1 N–H and O–H groups in total. The van der Waals surface area contributed by atoms with Gasteiger partial charge in [-0.15, -0.1) is 0 Å². The summed E-state index contributed by atoms with van der Waals surface area (Å²) in [6.45, 7) is 3.64. The van der Waals surface area contributed by atoms with E-state index in [0.717, 1.165) is 5.52 Å². The number of hydrogen-bond acceptors (Lipinski definition) is 4. The third-order valence-corrected chi connectivity index (χ3v) is 2.40. The number of aromatic nitrogens is 3. The molecule has 0 bridgehead atoms. The molecule has 0 aliphatic heterocycles. The molecule has 4 nitrogen and oxygen atoms in total. The van der Waals surface area contributed by atoms with E-state index >= 15 is 0 Å². The fraction of sp³-hybridized carbons (Fsp3) is 0.417. The van der Waals surface area contributed by atoms with E-state index in [1.54, 1.807) is 38.5 Å². The highest BCUT2D eigenvalue weighted by Gasteiger charge is 2.14. The van der Waals surface area contributed by atoms with Gasteiger partial charge in [0.25, 0.3) is 0 Å². The lowest BCUT2D eigenvalue weighted by Gasteiger charge is -2.14. The summed E-state index contributed by atoms with van der Waals surface area (Å²) in [5.74, 6) is 0.653. The van der Waals surface area contributed by atoms with E-state index in [-0.39, 0.29) is 0 Å². The van der Waals surface area contributed by atoms with Crippen molar-refractivity contribution in [3.63, 3.8) is 0 Å². The quantitative estimate of drug-likeness (QED) is 0.883. The highest BCUT2D eigenvalue weighted by atomic mass is 19.1. The van der Waals surface area contributed by atoms with E-state index in [2.05, 4.69) is 20.3 Å². The average molecular weight is 234 g/mol. The monoisotopic (exact) mass is 234 g/mol. The molecule has 2 aromatic heterocycles. The number of halogens is 1. The van der Waals surface area contributed by atoms with E-state index in [0.29, 0.717) is 24.3 Å². The van der Waals surface area contributed by atoms with Crippen molar-refractivity contribution in [2.75, 3.05) is 11.9 Å². The van der Waals surface area contributed by atoms with Crippen LogP contribution in [0.2, 0.25) is 0 Å². The first kappa shape index (κ1) is 11.7. The van der Waals surface area contributed by atoms with E-state index in [4.69, 9.17) is 0 Å². The third-order valence-electron chi connectivity index (χ3n) is 2.40. The van der Waals surface area contributed by atoms with Crippen molar-refractivity contribution in [1.29, 1.82) is 0 Å². The Morgan fingerprint density at radius 1 is 1.18 bits per heavy atom. The summed E-state index contributed by atoms with van der Waals surface area (Å²) in [5, 5.41) is 3.09. The second-order valence-corrected chi connectivity index (χ2v) is 4.48. The van der Waals surface area contributed by atoms with Gasteiger partial charge in [0, 0.05) is 25.1 Å². The van der Waals surface area contributed by atoms with Gasteiger partial charge in [-0.3, -0.25) is 4.98 Å². The number of nitrogens with zero attached hydrogens (tertiary/aromatic N) is 3. The zero-order valence-electron chi connectivity index (χ0n) is 9.94. The predicted molar refractivity (Wildman–Crippen MR) is 65.6 cm³/mol. The Labute approximate surface area is 99.3 Å². The van der Waals surface area contributed by atoms with Crippen LogP contribution in [0.4, 0.5) is 10.2 Å². The molecular formula is C12H15FN4. The summed E-state index contributed by atoms with van der Waals surface area (Å²) in [6, 6.07) is 1.80. The zero-order valence-corrected chi connectivity index (χ0v) is 9.94. The molecule has 0 spiro atoms. The van der Waals surface area contributed by atoms with Crippen molar-refractivity contribution in [2.24, 2.45) is 0 Å². The third kappa shape index (κ3) is 3.09. The van der Waals surface area contributed by atoms with E-state index in [1.807, 2.05) is 0 Å². The molecule has 0 atom stereocenters. The minimum absolute atomic E-state index is 0.422. The summed E-state index contributed by atoms with van der Waals surface area (Å²) in [5.41, 5.74) is 0.319. The maximum Gasteiger partial charge on any atom is 0.154 e. The van der Waals surface area contributed by atoms with Crippen LogP contribution >= 0.6 is 0 Å². The Morgan fingerprint density at radius 2 is 1.94 bits per heavy atom. The molecule has 17 heavy (non-hydrogen) atoms. The van der Waals surface area contributed by atoms with Gasteiger partial charge >= 0.3 is 0 Å². The molecule has 0 radical (unpaired) electrons. The van der Waals surface area contributed by atoms with Gasteiger partial charge in [0.15, 0.2) is 5.82 Å². The minimum Gasteiger partial charge on any atom is -0.368 e. The molecule has 2 rings (SSSR count). The molecule has 0 unspecified atom stereocenters.